The van der Waals surface area contributed by atoms with Crippen LogP contribution in [0.1, 0.15) is 49.7 Å². The van der Waals surface area contributed by atoms with Gasteiger partial charge in [0, 0.05) is 12.8 Å². The number of rotatable bonds is 9. The number of nitrogens with one attached hydrogen (secondary N) is 2. The van der Waals surface area contributed by atoms with Crippen molar-refractivity contribution < 1.29 is 33.8 Å². The van der Waals surface area contributed by atoms with Crippen molar-refractivity contribution in [3.05, 3.63) is 83.9 Å². The number of benzene rings is 2. The molecule has 0 saturated carbocycles. The topological polar surface area (TPSA) is 131 Å². The molecule has 0 aromatic heterocycles. The maximum atomic E-state index is 13.3. The number of ether oxygens (including phenoxy) is 2. The van der Waals surface area contributed by atoms with Crippen molar-refractivity contribution in [3.8, 4) is 0 Å². The fourth-order valence-corrected chi connectivity index (χ4v) is 4.30. The molecular weight excluding hydrogens is 512 g/mol. The summed E-state index contributed by atoms with van der Waals surface area (Å²) in [7, 11) is 0. The Kier molecular flexibility index (Phi) is 12.9. The largest absolute Gasteiger partial charge is 0.463 e. The van der Waals surface area contributed by atoms with Crippen LogP contribution in [0.25, 0.3) is 0 Å². The molecule has 0 bridgehead atoms. The molecule has 0 radical (unpaired) electrons. The Morgan fingerprint density at radius 2 is 1.70 bits per heavy atom. The van der Waals surface area contributed by atoms with E-state index in [0.29, 0.717) is 12.8 Å². The Hall–Kier alpha value is -3.98. The lowest BCUT2D eigenvalue weighted by Crippen LogP contribution is -2.48. The Morgan fingerprint density at radius 1 is 1.00 bits per heavy atom. The lowest BCUT2D eigenvalue weighted by molar-refractivity contribution is -0.155. The predicted molar refractivity (Wildman–Crippen MR) is 149 cm³/mol. The second-order valence-corrected chi connectivity index (χ2v) is 9.83. The van der Waals surface area contributed by atoms with E-state index in [2.05, 4.69) is 10.6 Å². The van der Waals surface area contributed by atoms with Crippen LogP contribution in [0, 0.1) is 5.92 Å². The highest BCUT2D eigenvalue weighted by atomic mass is 16.6. The van der Waals surface area contributed by atoms with Gasteiger partial charge in [0.15, 0.2) is 6.04 Å². The zero-order valence-corrected chi connectivity index (χ0v) is 22.6. The maximum absolute atomic E-state index is 13.3. The number of carbonyl (C=O) groups excluding carboxylic acids is 4. The summed E-state index contributed by atoms with van der Waals surface area (Å²) in [4.78, 5) is 51.3. The number of hydrogen-bond donors (Lipinski definition) is 3. The number of esters is 2. The summed E-state index contributed by atoms with van der Waals surface area (Å²) in [6.07, 6.45) is 6.69. The third kappa shape index (κ3) is 11.0. The molecule has 0 saturated heterocycles. The summed E-state index contributed by atoms with van der Waals surface area (Å²) in [6.45, 7) is -0.618. The van der Waals surface area contributed by atoms with Gasteiger partial charge in [0.25, 0.3) is 0 Å². The minimum Gasteiger partial charge on any atom is -0.463 e. The zero-order chi connectivity index (χ0) is 28.6. The monoisotopic (exact) mass is 550 g/mol. The van der Waals surface area contributed by atoms with Crippen molar-refractivity contribution in [2.45, 2.75) is 63.6 Å². The van der Waals surface area contributed by atoms with E-state index >= 15 is 0 Å². The van der Waals surface area contributed by atoms with Crippen molar-refractivity contribution in [2.75, 3.05) is 13.2 Å². The first-order valence-electron chi connectivity index (χ1n) is 13.7. The van der Waals surface area contributed by atoms with Crippen LogP contribution in [0.2, 0.25) is 0 Å². The SMILES string of the molecule is O=C(C[C@H]1CC=CCCCCC(=O)OC[C@H](C(=O)OCc2ccccc2)NC1=O)N[C@@H](CO)Cc1ccccc1. The number of amides is 2. The third-order valence-electron chi connectivity index (χ3n) is 6.54. The van der Waals surface area contributed by atoms with Crippen molar-refractivity contribution in [1.82, 2.24) is 10.6 Å². The molecule has 2 aromatic carbocycles. The number of hydrogen-bond acceptors (Lipinski definition) is 7. The molecule has 214 valence electrons. The van der Waals surface area contributed by atoms with Gasteiger partial charge in [-0.25, -0.2) is 4.79 Å². The highest BCUT2D eigenvalue weighted by Crippen LogP contribution is 2.14. The smallest absolute Gasteiger partial charge is 0.332 e. The number of allylic oxidation sites excluding steroid dienone is 2. The number of carbonyl (C=O) groups is 4. The second-order valence-electron chi connectivity index (χ2n) is 9.83. The summed E-state index contributed by atoms with van der Waals surface area (Å²) in [5.74, 6) is -2.90. The molecule has 2 aromatic rings. The first-order valence-corrected chi connectivity index (χ1v) is 13.7. The Morgan fingerprint density at radius 3 is 2.40 bits per heavy atom. The van der Waals surface area contributed by atoms with Crippen LogP contribution >= 0.6 is 0 Å². The van der Waals surface area contributed by atoms with Gasteiger partial charge in [0.1, 0.15) is 13.2 Å². The van der Waals surface area contributed by atoms with E-state index in [1.54, 1.807) is 12.1 Å². The van der Waals surface area contributed by atoms with E-state index in [4.69, 9.17) is 9.47 Å². The van der Waals surface area contributed by atoms with E-state index in [1.807, 2.05) is 60.7 Å². The lowest BCUT2D eigenvalue weighted by atomic mass is 9.97. The van der Waals surface area contributed by atoms with Gasteiger partial charge in [-0.3, -0.25) is 14.4 Å². The highest BCUT2D eigenvalue weighted by molar-refractivity contribution is 5.89. The van der Waals surface area contributed by atoms with Crippen LogP contribution < -0.4 is 10.6 Å². The molecule has 0 aliphatic carbocycles. The minimum atomic E-state index is -1.22. The van der Waals surface area contributed by atoms with Gasteiger partial charge in [-0.2, -0.15) is 0 Å². The van der Waals surface area contributed by atoms with Gasteiger partial charge in [-0.1, -0.05) is 72.8 Å². The zero-order valence-electron chi connectivity index (χ0n) is 22.6. The summed E-state index contributed by atoms with van der Waals surface area (Å²) < 4.78 is 10.7. The summed E-state index contributed by atoms with van der Waals surface area (Å²) in [6, 6.07) is 16.8. The van der Waals surface area contributed by atoms with Crippen molar-refractivity contribution in [1.29, 1.82) is 0 Å². The molecular formula is C31H38N2O7. The van der Waals surface area contributed by atoms with Crippen molar-refractivity contribution >= 4 is 23.8 Å². The van der Waals surface area contributed by atoms with Crippen molar-refractivity contribution in [3.63, 3.8) is 0 Å². The lowest BCUT2D eigenvalue weighted by Gasteiger charge is -2.22. The first kappa shape index (κ1) is 30.6. The molecule has 2 amide bonds. The molecule has 0 unspecified atom stereocenters. The van der Waals surface area contributed by atoms with Crippen LogP contribution in [-0.4, -0.2) is 54.2 Å². The molecule has 40 heavy (non-hydrogen) atoms. The fourth-order valence-electron chi connectivity index (χ4n) is 4.30. The molecule has 9 nitrogen and oxygen atoms in total. The van der Waals surface area contributed by atoms with Gasteiger partial charge in [0.2, 0.25) is 11.8 Å². The highest BCUT2D eigenvalue weighted by Gasteiger charge is 2.29. The molecule has 1 aliphatic heterocycles. The van der Waals surface area contributed by atoms with Crippen LogP contribution in [-0.2, 0) is 41.7 Å². The van der Waals surface area contributed by atoms with Gasteiger partial charge in [-0.15, -0.1) is 0 Å². The quantitative estimate of drug-likeness (QED) is 0.323. The van der Waals surface area contributed by atoms with Gasteiger partial charge in [0.05, 0.1) is 18.6 Å². The van der Waals surface area contributed by atoms with Gasteiger partial charge >= 0.3 is 11.9 Å². The predicted octanol–water partition coefficient (Wildman–Crippen LogP) is 3.00. The van der Waals surface area contributed by atoms with Crippen LogP contribution in [0.15, 0.2) is 72.8 Å². The Labute approximate surface area is 234 Å². The average Bonchev–Trinajstić information content (AvgIpc) is 2.97. The van der Waals surface area contributed by atoms with E-state index in [-0.39, 0.29) is 45.0 Å². The Balaban J connectivity index is 1.68. The normalized spacial score (nSPS) is 19.4. The van der Waals surface area contributed by atoms with Crippen molar-refractivity contribution in [2.24, 2.45) is 5.92 Å². The second kappa shape index (κ2) is 16.9. The van der Waals surface area contributed by atoms with Gasteiger partial charge in [-0.05, 0) is 43.2 Å². The first-order chi connectivity index (χ1) is 19.4. The molecule has 0 spiro atoms. The van der Waals surface area contributed by atoms with E-state index in [9.17, 15) is 24.3 Å². The number of aliphatic hydroxyl groups is 1. The molecule has 0 fully saturated rings. The molecule has 3 rings (SSSR count). The van der Waals surface area contributed by atoms with Crippen LogP contribution in [0.3, 0.4) is 0 Å². The van der Waals surface area contributed by atoms with Crippen LogP contribution in [0.5, 0.6) is 0 Å². The molecule has 9 heteroatoms. The van der Waals surface area contributed by atoms with E-state index in [0.717, 1.165) is 24.0 Å². The molecule has 3 atom stereocenters. The van der Waals surface area contributed by atoms with Crippen LogP contribution in [0.4, 0.5) is 0 Å². The molecule has 1 aliphatic rings. The fraction of sp³-hybridized carbons (Fsp3) is 0.419. The standard InChI is InChI=1S/C31H38N2O7/c34-20-26(18-23-12-6-4-7-13-23)32-28(35)19-25-16-10-2-1-3-11-17-29(36)39-22-27(33-30(25)37)31(38)40-21-24-14-8-5-9-15-24/h2,4-10,12-15,25-27,34H,1,3,11,16-22H2,(H,32,35)(H,33,37)/t25-,26-,27-/m1/s1. The Bertz CT molecular complexity index is 1120. The van der Waals surface area contributed by atoms with E-state index in [1.165, 1.54) is 0 Å². The van der Waals surface area contributed by atoms with E-state index < -0.39 is 35.8 Å². The number of aliphatic hydroxyl groups excluding tert-OH is 1. The summed E-state index contributed by atoms with van der Waals surface area (Å²) in [5, 5.41) is 15.3. The molecule has 3 N–H and O–H groups in total. The number of cyclic esters (lactones) is 1. The molecule has 1 heterocycles. The third-order valence-corrected chi connectivity index (χ3v) is 6.54. The summed E-state index contributed by atoms with van der Waals surface area (Å²) >= 11 is 0. The van der Waals surface area contributed by atoms with Gasteiger partial charge < -0.3 is 25.2 Å². The summed E-state index contributed by atoms with van der Waals surface area (Å²) in [5.41, 5.74) is 1.74. The minimum absolute atomic E-state index is 0.00146. The average molecular weight is 551 g/mol. The maximum Gasteiger partial charge on any atom is 0.332 e.